The molecule has 0 spiro atoms. The molecular weight excluding hydrogens is 426 g/mol. The van der Waals surface area contributed by atoms with Gasteiger partial charge in [0.05, 0.1) is 12.9 Å². The Morgan fingerprint density at radius 3 is 2.26 bits per heavy atom. The molecule has 0 saturated heterocycles. The van der Waals surface area contributed by atoms with E-state index in [-0.39, 0.29) is 0 Å². The topological polar surface area (TPSA) is 162 Å². The average Bonchev–Trinajstić information content (AvgIpc) is 3.12. The molecule has 0 radical (unpaired) electrons. The van der Waals surface area contributed by atoms with Crippen molar-refractivity contribution >= 4 is 17.0 Å². The summed E-state index contributed by atoms with van der Waals surface area (Å²) in [6.45, 7) is 3.16. The van der Waals surface area contributed by atoms with Gasteiger partial charge in [0.25, 0.3) is 12.1 Å². The predicted molar refractivity (Wildman–Crippen MR) is 99.1 cm³/mol. The van der Waals surface area contributed by atoms with Gasteiger partial charge < -0.3 is 10.6 Å². The number of anilines is 1. The number of halogens is 1. The molecule has 0 fully saturated rings. The standard InChI is InChI=1S/C20H19N5O.ClHO4/c1-15-7-9-17(10-8-15)12-26-25-14-23-20-18(19(25)21)22-13-24(20)11-16-5-3-2-4-6-16;2-1(3,4)5/h2-10,13-14,21H,11-12H2,1H3;(H,2,3,4,5). The van der Waals surface area contributed by atoms with Crippen molar-refractivity contribution in [2.24, 2.45) is 0 Å². The van der Waals surface area contributed by atoms with Crippen molar-refractivity contribution < 1.29 is 38.4 Å². The Hall–Kier alpha value is -3.28. The first-order chi connectivity index (χ1) is 14.7. The van der Waals surface area contributed by atoms with E-state index in [1.807, 2.05) is 34.9 Å². The number of nitrogens with zero attached hydrogens (tertiary/aromatic N) is 4. The molecule has 0 aliphatic carbocycles. The normalized spacial score (nSPS) is 11.1. The van der Waals surface area contributed by atoms with Crippen molar-refractivity contribution in [2.75, 3.05) is 5.73 Å². The molecule has 4 rings (SSSR count). The lowest BCUT2D eigenvalue weighted by atomic mass is 10.2. The molecule has 2 heterocycles. The highest BCUT2D eigenvalue weighted by Crippen LogP contribution is 2.15. The Kier molecular flexibility index (Phi) is 7.00. The van der Waals surface area contributed by atoms with Crippen molar-refractivity contribution in [1.29, 1.82) is 0 Å². The van der Waals surface area contributed by atoms with Gasteiger partial charge in [-0.25, -0.2) is 23.6 Å². The summed E-state index contributed by atoms with van der Waals surface area (Å²) >= 11 is 0. The monoisotopic (exact) mass is 445 g/mol. The molecule has 0 aliphatic rings. The minimum absolute atomic E-state index is 0.410. The molecule has 0 unspecified atom stereocenters. The number of benzene rings is 2. The van der Waals surface area contributed by atoms with E-state index in [9.17, 15) is 0 Å². The smallest absolute Gasteiger partial charge is 0.289 e. The van der Waals surface area contributed by atoms with Gasteiger partial charge in [-0.3, -0.25) is 4.57 Å². The number of rotatable bonds is 5. The SMILES string of the molecule is Cc1ccc(CO[n+]2cnc3c(ncn3Cc3ccccc3)c2N)cc1.[O-][Cl+3]([O-])([O-])[O-]. The van der Waals surface area contributed by atoms with Gasteiger partial charge in [-0.1, -0.05) is 69.9 Å². The van der Waals surface area contributed by atoms with Crippen LogP contribution in [0.3, 0.4) is 0 Å². The Balaban J connectivity index is 0.000000491. The number of nitrogens with two attached hydrogens (primary N) is 1. The Morgan fingerprint density at radius 2 is 1.61 bits per heavy atom. The minimum Gasteiger partial charge on any atom is -0.352 e. The average molecular weight is 446 g/mol. The van der Waals surface area contributed by atoms with Crippen LogP contribution in [-0.2, 0) is 13.2 Å². The van der Waals surface area contributed by atoms with Crippen LogP contribution >= 0.6 is 0 Å². The van der Waals surface area contributed by atoms with Crippen LogP contribution in [0.4, 0.5) is 5.82 Å². The van der Waals surface area contributed by atoms with Crippen molar-refractivity contribution in [3.05, 3.63) is 83.9 Å². The van der Waals surface area contributed by atoms with E-state index in [1.165, 1.54) is 15.9 Å². The second kappa shape index (κ2) is 9.69. The van der Waals surface area contributed by atoms with Gasteiger partial charge in [-0.2, -0.15) is 0 Å². The lowest BCUT2D eigenvalue weighted by Gasteiger charge is -2.17. The summed E-state index contributed by atoms with van der Waals surface area (Å²) in [4.78, 5) is 14.7. The van der Waals surface area contributed by atoms with Crippen LogP contribution < -0.4 is 33.9 Å². The zero-order valence-corrected chi connectivity index (χ0v) is 17.3. The number of imidazole rings is 1. The molecule has 2 N–H and O–H groups in total. The minimum atomic E-state index is -4.94. The number of hydrogen-bond donors (Lipinski definition) is 1. The fourth-order valence-corrected chi connectivity index (χ4v) is 2.79. The van der Waals surface area contributed by atoms with Crippen LogP contribution in [0.25, 0.3) is 11.2 Å². The molecule has 0 amide bonds. The van der Waals surface area contributed by atoms with Gasteiger partial charge >= 0.3 is 0 Å². The molecule has 0 bridgehead atoms. The molecule has 162 valence electrons. The van der Waals surface area contributed by atoms with E-state index in [4.69, 9.17) is 29.2 Å². The van der Waals surface area contributed by atoms with E-state index in [0.717, 1.165) is 11.2 Å². The third-order valence-corrected chi connectivity index (χ3v) is 4.26. The molecule has 0 aliphatic heterocycles. The van der Waals surface area contributed by atoms with Gasteiger partial charge in [0, 0.05) is 0 Å². The highest BCUT2D eigenvalue weighted by molar-refractivity contribution is 5.79. The summed E-state index contributed by atoms with van der Waals surface area (Å²) in [6.07, 6.45) is 3.35. The van der Waals surface area contributed by atoms with Crippen molar-refractivity contribution in [3.8, 4) is 0 Å². The maximum absolute atomic E-state index is 8.49. The third kappa shape index (κ3) is 6.60. The molecule has 2 aromatic carbocycles. The van der Waals surface area contributed by atoms with Crippen LogP contribution in [0.2, 0.25) is 0 Å². The second-order valence-corrected chi connectivity index (χ2v) is 7.38. The number of hydrogen-bond acceptors (Lipinski definition) is 8. The molecule has 4 aromatic rings. The van der Waals surface area contributed by atoms with Crippen LogP contribution in [0, 0.1) is 17.2 Å². The number of aromatic nitrogens is 4. The zero-order valence-electron chi connectivity index (χ0n) is 16.6. The van der Waals surface area contributed by atoms with Crippen LogP contribution in [0.15, 0.2) is 67.3 Å². The number of nitrogen functional groups attached to an aromatic ring is 1. The summed E-state index contributed by atoms with van der Waals surface area (Å²) in [5.74, 6) is 0.439. The molecule has 11 heteroatoms. The second-order valence-electron chi connectivity index (χ2n) is 6.62. The predicted octanol–water partition coefficient (Wildman–Crippen LogP) is -2.47. The Morgan fingerprint density at radius 1 is 0.968 bits per heavy atom. The zero-order chi connectivity index (χ0) is 22.4. The largest absolute Gasteiger partial charge is 0.352 e. The first-order valence-corrected chi connectivity index (χ1v) is 10.3. The quantitative estimate of drug-likeness (QED) is 0.330. The Bertz CT molecular complexity index is 1120. The highest BCUT2D eigenvalue weighted by atomic mass is 35.7. The van der Waals surface area contributed by atoms with Crippen molar-refractivity contribution in [3.63, 3.8) is 0 Å². The van der Waals surface area contributed by atoms with Gasteiger partial charge in [0.15, 0.2) is 6.61 Å². The summed E-state index contributed by atoms with van der Waals surface area (Å²) in [5, 5.41) is 0. The highest BCUT2D eigenvalue weighted by Gasteiger charge is 2.18. The van der Waals surface area contributed by atoms with Crippen LogP contribution in [0.5, 0.6) is 0 Å². The summed E-state index contributed by atoms with van der Waals surface area (Å²) in [7, 11) is -4.94. The fourth-order valence-electron chi connectivity index (χ4n) is 2.79. The number of fused-ring (bicyclic) bond motifs is 1. The number of aryl methyl sites for hydroxylation is 1. The lowest BCUT2D eigenvalue weighted by Crippen LogP contribution is -2.68. The summed E-state index contributed by atoms with van der Waals surface area (Å²) in [6, 6.07) is 18.4. The first kappa shape index (κ1) is 22.4. The van der Waals surface area contributed by atoms with Crippen LogP contribution in [0.1, 0.15) is 16.7 Å². The summed E-state index contributed by atoms with van der Waals surface area (Å²) in [5.41, 5.74) is 11.1. The van der Waals surface area contributed by atoms with E-state index < -0.39 is 10.2 Å². The van der Waals surface area contributed by atoms with Gasteiger partial charge in [0.1, 0.15) is 0 Å². The third-order valence-electron chi connectivity index (χ3n) is 4.26. The van der Waals surface area contributed by atoms with Gasteiger partial charge in [0.2, 0.25) is 11.2 Å². The molecular formula is C20H20ClN5O5. The maximum atomic E-state index is 8.49. The fraction of sp³-hybridized carbons (Fsp3) is 0.150. The van der Waals surface area contributed by atoms with E-state index in [0.29, 0.717) is 24.5 Å². The lowest BCUT2D eigenvalue weighted by molar-refractivity contribution is -2.00. The van der Waals surface area contributed by atoms with Gasteiger partial charge in [-0.15, -0.1) is 10.2 Å². The molecule has 10 nitrogen and oxygen atoms in total. The van der Waals surface area contributed by atoms with Crippen LogP contribution in [-0.4, -0.2) is 14.5 Å². The van der Waals surface area contributed by atoms with Crippen molar-refractivity contribution in [2.45, 2.75) is 20.1 Å². The molecule has 0 atom stereocenters. The molecule has 0 saturated carbocycles. The molecule has 2 aromatic heterocycles. The molecule has 31 heavy (non-hydrogen) atoms. The van der Waals surface area contributed by atoms with Crippen molar-refractivity contribution in [1.82, 2.24) is 14.5 Å². The summed E-state index contributed by atoms with van der Waals surface area (Å²) < 4.78 is 37.4. The first-order valence-electron chi connectivity index (χ1n) is 9.06. The van der Waals surface area contributed by atoms with E-state index >= 15 is 0 Å². The van der Waals surface area contributed by atoms with Gasteiger partial charge in [-0.05, 0) is 18.1 Å². The van der Waals surface area contributed by atoms with E-state index in [1.54, 1.807) is 12.7 Å². The maximum Gasteiger partial charge on any atom is 0.289 e. The Labute approximate surface area is 180 Å². The van der Waals surface area contributed by atoms with E-state index in [2.05, 4.69) is 41.2 Å².